The molecule has 0 spiro atoms. The third-order valence-electron chi connectivity index (χ3n) is 4.82. The number of thioether (sulfide) groups is 1. The molecule has 3 rings (SSSR count). The largest absolute Gasteiger partial charge is 0.395 e. The molecule has 0 bridgehead atoms. The summed E-state index contributed by atoms with van der Waals surface area (Å²) >= 11 is 0.884. The Morgan fingerprint density at radius 1 is 1.07 bits per heavy atom. The molecule has 7 heteroatoms. The standard InChI is InChI=1S/C22H24N2O4S/c1-2-16-8-10-18(11-9-16)24-21(27)19(29-22(24)28)14-20(26)23(12-13-25)15-17-6-4-3-5-7-17/h3-11,19,25H,2,12-15H2,1H3. The van der Waals surface area contributed by atoms with Crippen LogP contribution in [0.5, 0.6) is 0 Å². The molecule has 2 aromatic rings. The number of aliphatic hydroxyl groups is 1. The smallest absolute Gasteiger partial charge is 0.293 e. The van der Waals surface area contributed by atoms with E-state index in [-0.39, 0.29) is 36.6 Å². The number of anilines is 1. The van der Waals surface area contributed by atoms with Crippen LogP contribution < -0.4 is 4.90 Å². The van der Waals surface area contributed by atoms with Crippen molar-refractivity contribution in [3.63, 3.8) is 0 Å². The maximum Gasteiger partial charge on any atom is 0.293 e. The van der Waals surface area contributed by atoms with Crippen molar-refractivity contribution in [1.29, 1.82) is 0 Å². The molecule has 6 nitrogen and oxygen atoms in total. The number of amides is 3. The Morgan fingerprint density at radius 3 is 2.38 bits per heavy atom. The Morgan fingerprint density at radius 2 is 1.76 bits per heavy atom. The number of imide groups is 1. The molecular weight excluding hydrogens is 388 g/mol. The monoisotopic (exact) mass is 412 g/mol. The average molecular weight is 413 g/mol. The molecule has 29 heavy (non-hydrogen) atoms. The van der Waals surface area contributed by atoms with Gasteiger partial charge in [0.25, 0.3) is 5.24 Å². The zero-order valence-electron chi connectivity index (χ0n) is 16.3. The van der Waals surface area contributed by atoms with Crippen LogP contribution in [0.4, 0.5) is 10.5 Å². The number of carbonyl (C=O) groups excluding carboxylic acids is 3. The highest BCUT2D eigenvalue weighted by molar-refractivity contribution is 8.15. The van der Waals surface area contributed by atoms with Crippen LogP contribution in [0.25, 0.3) is 0 Å². The van der Waals surface area contributed by atoms with Crippen molar-refractivity contribution in [1.82, 2.24) is 4.90 Å². The molecule has 3 amide bonds. The van der Waals surface area contributed by atoms with Crippen molar-refractivity contribution in [2.45, 2.75) is 31.6 Å². The molecule has 1 atom stereocenters. The minimum Gasteiger partial charge on any atom is -0.395 e. The van der Waals surface area contributed by atoms with E-state index in [1.807, 2.05) is 49.4 Å². The van der Waals surface area contributed by atoms with Crippen LogP contribution in [0.3, 0.4) is 0 Å². The number of aliphatic hydroxyl groups excluding tert-OH is 1. The van der Waals surface area contributed by atoms with Gasteiger partial charge in [0.05, 0.1) is 12.3 Å². The van der Waals surface area contributed by atoms with Crippen LogP contribution in [-0.4, -0.2) is 45.5 Å². The Labute approximate surface area is 174 Å². The van der Waals surface area contributed by atoms with Gasteiger partial charge in [-0.1, -0.05) is 49.4 Å². The van der Waals surface area contributed by atoms with E-state index in [0.29, 0.717) is 12.2 Å². The van der Waals surface area contributed by atoms with Gasteiger partial charge in [-0.25, -0.2) is 4.90 Å². The Hall–Kier alpha value is -2.64. The Bertz CT molecular complexity index is 870. The zero-order valence-corrected chi connectivity index (χ0v) is 17.1. The minimum absolute atomic E-state index is 0.0778. The lowest BCUT2D eigenvalue weighted by atomic mass is 10.1. The first-order chi connectivity index (χ1) is 14.0. The van der Waals surface area contributed by atoms with E-state index in [0.717, 1.165) is 34.2 Å². The summed E-state index contributed by atoms with van der Waals surface area (Å²) in [6.45, 7) is 2.39. The molecule has 1 unspecified atom stereocenters. The first-order valence-corrected chi connectivity index (χ1v) is 10.5. The second kappa shape index (κ2) is 9.71. The first-order valence-electron chi connectivity index (χ1n) is 9.59. The maximum absolute atomic E-state index is 12.8. The van der Waals surface area contributed by atoms with Gasteiger partial charge in [0.2, 0.25) is 11.8 Å². The summed E-state index contributed by atoms with van der Waals surface area (Å²) in [5.74, 6) is -0.633. The van der Waals surface area contributed by atoms with Crippen molar-refractivity contribution in [2.24, 2.45) is 0 Å². The molecule has 1 heterocycles. The molecule has 0 aliphatic carbocycles. The van der Waals surface area contributed by atoms with Crippen LogP contribution in [0.15, 0.2) is 54.6 Å². The predicted molar refractivity (Wildman–Crippen MR) is 114 cm³/mol. The van der Waals surface area contributed by atoms with Gasteiger partial charge in [0, 0.05) is 19.5 Å². The van der Waals surface area contributed by atoms with Gasteiger partial charge in [-0.05, 0) is 41.4 Å². The van der Waals surface area contributed by atoms with Crippen molar-refractivity contribution >= 4 is 34.5 Å². The molecule has 1 saturated heterocycles. The molecule has 1 fully saturated rings. The summed E-state index contributed by atoms with van der Waals surface area (Å²) in [6.07, 6.45) is 0.793. The van der Waals surface area contributed by atoms with Crippen LogP contribution >= 0.6 is 11.8 Å². The van der Waals surface area contributed by atoms with Gasteiger partial charge < -0.3 is 10.0 Å². The molecule has 0 aromatic heterocycles. The third-order valence-corrected chi connectivity index (χ3v) is 5.86. The number of hydrogen-bond donors (Lipinski definition) is 1. The van der Waals surface area contributed by atoms with Crippen LogP contribution in [-0.2, 0) is 22.6 Å². The predicted octanol–water partition coefficient (Wildman–Crippen LogP) is 3.23. The summed E-state index contributed by atoms with van der Waals surface area (Å²) in [4.78, 5) is 40.7. The molecule has 152 valence electrons. The van der Waals surface area contributed by atoms with E-state index < -0.39 is 5.25 Å². The van der Waals surface area contributed by atoms with E-state index in [4.69, 9.17) is 0 Å². The zero-order chi connectivity index (χ0) is 20.8. The van der Waals surface area contributed by atoms with E-state index >= 15 is 0 Å². The summed E-state index contributed by atoms with van der Waals surface area (Å²) in [7, 11) is 0. The van der Waals surface area contributed by atoms with Crippen LogP contribution in [0, 0.1) is 0 Å². The SMILES string of the molecule is CCc1ccc(N2C(=O)SC(CC(=O)N(CCO)Cc3ccccc3)C2=O)cc1. The number of rotatable bonds is 8. The van der Waals surface area contributed by atoms with Crippen LogP contribution in [0.2, 0.25) is 0 Å². The van der Waals surface area contributed by atoms with Gasteiger partial charge in [-0.3, -0.25) is 14.4 Å². The lowest BCUT2D eigenvalue weighted by Crippen LogP contribution is -2.37. The Kier molecular flexibility index (Phi) is 7.06. The summed E-state index contributed by atoms with van der Waals surface area (Å²) in [5, 5.41) is 8.20. The topological polar surface area (TPSA) is 77.9 Å². The van der Waals surface area contributed by atoms with E-state index in [1.54, 1.807) is 12.1 Å². The number of nitrogens with zero attached hydrogens (tertiary/aromatic N) is 2. The highest BCUT2D eigenvalue weighted by Gasteiger charge is 2.42. The Balaban J connectivity index is 1.68. The fourth-order valence-corrected chi connectivity index (χ4v) is 4.18. The highest BCUT2D eigenvalue weighted by atomic mass is 32.2. The lowest BCUT2D eigenvalue weighted by molar-refractivity contribution is -0.133. The summed E-state index contributed by atoms with van der Waals surface area (Å²) in [5.41, 5.74) is 2.58. The molecule has 1 N–H and O–H groups in total. The lowest BCUT2D eigenvalue weighted by Gasteiger charge is -2.23. The van der Waals surface area contributed by atoms with Gasteiger partial charge in [-0.15, -0.1) is 0 Å². The molecular formula is C22H24N2O4S. The van der Waals surface area contributed by atoms with E-state index in [9.17, 15) is 19.5 Å². The first kappa shape index (κ1) is 21.1. The summed E-state index contributed by atoms with van der Waals surface area (Å²) in [6, 6.07) is 16.8. The fourth-order valence-electron chi connectivity index (χ4n) is 3.21. The van der Waals surface area contributed by atoms with Crippen molar-refractivity contribution in [3.05, 3.63) is 65.7 Å². The highest BCUT2D eigenvalue weighted by Crippen LogP contribution is 2.34. The van der Waals surface area contributed by atoms with Crippen molar-refractivity contribution < 1.29 is 19.5 Å². The summed E-state index contributed by atoms with van der Waals surface area (Å²) < 4.78 is 0. The maximum atomic E-state index is 12.8. The number of carbonyl (C=O) groups is 3. The van der Waals surface area contributed by atoms with Crippen molar-refractivity contribution in [2.75, 3.05) is 18.1 Å². The number of hydrogen-bond acceptors (Lipinski definition) is 5. The molecule has 0 saturated carbocycles. The van der Waals surface area contributed by atoms with Gasteiger partial charge in [-0.2, -0.15) is 0 Å². The van der Waals surface area contributed by atoms with Crippen LogP contribution in [0.1, 0.15) is 24.5 Å². The number of benzene rings is 2. The van der Waals surface area contributed by atoms with E-state index in [1.165, 1.54) is 4.90 Å². The minimum atomic E-state index is -0.752. The van der Waals surface area contributed by atoms with Gasteiger partial charge in [0.15, 0.2) is 0 Å². The van der Waals surface area contributed by atoms with E-state index in [2.05, 4.69) is 0 Å². The normalized spacial score (nSPS) is 16.3. The van der Waals surface area contributed by atoms with Gasteiger partial charge >= 0.3 is 0 Å². The average Bonchev–Trinajstić information content (AvgIpc) is 3.01. The fraction of sp³-hybridized carbons (Fsp3) is 0.318. The molecule has 1 aliphatic heterocycles. The van der Waals surface area contributed by atoms with Crippen molar-refractivity contribution in [3.8, 4) is 0 Å². The molecule has 1 aliphatic rings. The quantitative estimate of drug-likeness (QED) is 0.720. The second-order valence-corrected chi connectivity index (χ2v) is 7.95. The number of aryl methyl sites for hydroxylation is 1. The third kappa shape index (κ3) is 5.05. The van der Waals surface area contributed by atoms with Gasteiger partial charge in [0.1, 0.15) is 5.25 Å². The second-order valence-electron chi connectivity index (χ2n) is 6.79. The molecule has 2 aromatic carbocycles. The molecule has 0 radical (unpaired) electrons.